The first-order valence-corrected chi connectivity index (χ1v) is 8.95. The van der Waals surface area contributed by atoms with E-state index in [1.54, 1.807) is 0 Å². The van der Waals surface area contributed by atoms with Crippen LogP contribution in [-0.2, 0) is 25.1 Å². The standard InChI is InChI=1S/C13H19FNO6P.CO2/c1-20-11-6-9(8-22(18,19)4-2-3-15)5-10(14)13(11)21-7-12(16)17;2-1-3/h5-6H,2-4,7-8,15H2,1H3,(H,16,17)(H,18,19);. The molecule has 11 heteroatoms. The van der Waals surface area contributed by atoms with Crippen molar-refractivity contribution in [3.63, 3.8) is 0 Å². The summed E-state index contributed by atoms with van der Waals surface area (Å²) in [6.45, 7) is -0.425. The average molecular weight is 379 g/mol. The monoisotopic (exact) mass is 379 g/mol. The zero-order chi connectivity index (χ0) is 19.5. The molecular formula is C14H19FNO8P. The summed E-state index contributed by atoms with van der Waals surface area (Å²) >= 11 is 0. The van der Waals surface area contributed by atoms with E-state index in [-0.39, 0.29) is 35.5 Å². The molecule has 25 heavy (non-hydrogen) atoms. The van der Waals surface area contributed by atoms with Gasteiger partial charge in [-0.15, -0.1) is 0 Å². The fourth-order valence-electron chi connectivity index (χ4n) is 1.84. The molecule has 0 aliphatic rings. The van der Waals surface area contributed by atoms with E-state index < -0.39 is 25.8 Å². The third kappa shape index (κ3) is 8.97. The topological polar surface area (TPSA) is 153 Å². The third-order valence-corrected chi connectivity index (χ3v) is 4.64. The maximum Gasteiger partial charge on any atom is 0.373 e. The number of hydrogen-bond acceptors (Lipinski definition) is 7. The summed E-state index contributed by atoms with van der Waals surface area (Å²) in [5.74, 6) is -2.49. The number of methoxy groups -OCH3 is 1. The molecule has 0 saturated heterocycles. The molecule has 0 aliphatic carbocycles. The van der Waals surface area contributed by atoms with Crippen LogP contribution in [0.15, 0.2) is 12.1 Å². The molecule has 0 radical (unpaired) electrons. The Kier molecular flexibility index (Phi) is 10.3. The van der Waals surface area contributed by atoms with Crippen LogP contribution in [0.3, 0.4) is 0 Å². The van der Waals surface area contributed by atoms with Crippen molar-refractivity contribution in [1.82, 2.24) is 0 Å². The lowest BCUT2D eigenvalue weighted by Crippen LogP contribution is -2.11. The van der Waals surface area contributed by atoms with Crippen molar-refractivity contribution >= 4 is 19.5 Å². The van der Waals surface area contributed by atoms with Crippen LogP contribution < -0.4 is 15.2 Å². The Morgan fingerprint density at radius 2 is 2.00 bits per heavy atom. The van der Waals surface area contributed by atoms with Crippen molar-refractivity contribution in [3.8, 4) is 11.5 Å². The zero-order valence-electron chi connectivity index (χ0n) is 13.4. The van der Waals surface area contributed by atoms with Gasteiger partial charge < -0.3 is 25.2 Å². The van der Waals surface area contributed by atoms with Crippen LogP contribution in [0, 0.1) is 5.82 Å². The molecule has 0 bridgehead atoms. The molecule has 1 rings (SSSR count). The molecule has 0 spiro atoms. The van der Waals surface area contributed by atoms with E-state index in [1.165, 1.54) is 13.2 Å². The normalized spacial score (nSPS) is 12.2. The summed E-state index contributed by atoms with van der Waals surface area (Å²) in [6.07, 6.45) is 0.470. The fraction of sp³-hybridized carbons (Fsp3) is 0.429. The molecule has 0 heterocycles. The molecule has 1 aromatic rings. The number of carbonyl (C=O) groups excluding carboxylic acids is 2. The van der Waals surface area contributed by atoms with Gasteiger partial charge in [-0.05, 0) is 30.7 Å². The second kappa shape index (κ2) is 11.3. The molecule has 0 aromatic heterocycles. The van der Waals surface area contributed by atoms with E-state index in [0.717, 1.165) is 6.07 Å². The number of benzene rings is 1. The van der Waals surface area contributed by atoms with Crippen LogP contribution in [0.4, 0.5) is 4.39 Å². The van der Waals surface area contributed by atoms with Crippen molar-refractivity contribution in [2.45, 2.75) is 12.6 Å². The van der Waals surface area contributed by atoms with Gasteiger partial charge in [0.1, 0.15) is 0 Å². The molecule has 1 unspecified atom stereocenters. The number of hydrogen-bond donors (Lipinski definition) is 3. The molecule has 140 valence electrons. The molecule has 1 aromatic carbocycles. The second-order valence-electron chi connectivity index (χ2n) is 4.75. The number of carboxylic acid groups (broad SMARTS) is 1. The highest BCUT2D eigenvalue weighted by Crippen LogP contribution is 2.46. The number of rotatable bonds is 9. The Bertz CT molecular complexity index is 660. The maximum absolute atomic E-state index is 14.0. The largest absolute Gasteiger partial charge is 0.493 e. The summed E-state index contributed by atoms with van der Waals surface area (Å²) in [6, 6.07) is 2.39. The molecular weight excluding hydrogens is 360 g/mol. The number of ether oxygens (including phenoxy) is 2. The molecule has 4 N–H and O–H groups in total. The Morgan fingerprint density at radius 1 is 1.40 bits per heavy atom. The summed E-state index contributed by atoms with van der Waals surface area (Å²) < 4.78 is 35.7. The van der Waals surface area contributed by atoms with Crippen LogP contribution in [0.5, 0.6) is 11.5 Å². The van der Waals surface area contributed by atoms with Crippen molar-refractivity contribution in [2.75, 3.05) is 26.4 Å². The number of nitrogens with two attached hydrogens (primary N) is 1. The Hall–Kier alpha value is -2.25. The Labute approximate surface area is 143 Å². The van der Waals surface area contributed by atoms with Crippen LogP contribution in [0.1, 0.15) is 12.0 Å². The SMILES string of the molecule is COc1cc(CP(=O)(O)CCCN)cc(F)c1OCC(=O)O.O=C=O. The third-order valence-electron chi connectivity index (χ3n) is 2.77. The number of aliphatic carboxylic acids is 1. The Balaban J connectivity index is 0.00000178. The fourth-order valence-corrected chi connectivity index (χ4v) is 3.43. The summed E-state index contributed by atoms with van der Waals surface area (Å²) in [4.78, 5) is 36.5. The predicted molar refractivity (Wildman–Crippen MR) is 83.2 cm³/mol. The van der Waals surface area contributed by atoms with Crippen molar-refractivity contribution in [2.24, 2.45) is 5.73 Å². The van der Waals surface area contributed by atoms with Gasteiger partial charge >= 0.3 is 12.1 Å². The summed E-state index contributed by atoms with van der Waals surface area (Å²) in [5.41, 5.74) is 5.56. The van der Waals surface area contributed by atoms with Gasteiger partial charge in [-0.25, -0.2) is 9.18 Å². The highest BCUT2D eigenvalue weighted by atomic mass is 31.2. The smallest absolute Gasteiger partial charge is 0.373 e. The van der Waals surface area contributed by atoms with E-state index in [1.807, 2.05) is 0 Å². The molecule has 0 aliphatic heterocycles. The Morgan fingerprint density at radius 3 is 2.48 bits per heavy atom. The van der Waals surface area contributed by atoms with Crippen LogP contribution in [0.2, 0.25) is 0 Å². The first kappa shape index (κ1) is 22.8. The van der Waals surface area contributed by atoms with Gasteiger partial charge in [0.2, 0.25) is 7.37 Å². The van der Waals surface area contributed by atoms with E-state index in [0.29, 0.717) is 13.0 Å². The summed E-state index contributed by atoms with van der Waals surface area (Å²) in [7, 11) is -2.20. The van der Waals surface area contributed by atoms with Gasteiger partial charge in [0, 0.05) is 12.3 Å². The highest BCUT2D eigenvalue weighted by molar-refractivity contribution is 7.57. The molecule has 0 amide bonds. The zero-order valence-corrected chi connectivity index (χ0v) is 14.3. The lowest BCUT2D eigenvalue weighted by molar-refractivity contribution is -0.191. The number of carbonyl (C=O) groups is 1. The van der Waals surface area contributed by atoms with Crippen molar-refractivity contribution in [1.29, 1.82) is 0 Å². The van der Waals surface area contributed by atoms with E-state index >= 15 is 0 Å². The summed E-state index contributed by atoms with van der Waals surface area (Å²) in [5, 5.41) is 8.55. The molecule has 9 nitrogen and oxygen atoms in total. The first-order chi connectivity index (χ1) is 11.7. The van der Waals surface area contributed by atoms with Crippen LogP contribution in [0.25, 0.3) is 0 Å². The van der Waals surface area contributed by atoms with Gasteiger partial charge in [-0.3, -0.25) is 4.57 Å². The van der Waals surface area contributed by atoms with E-state index in [9.17, 15) is 18.6 Å². The quantitative estimate of drug-likeness (QED) is 0.529. The highest BCUT2D eigenvalue weighted by Gasteiger charge is 2.21. The molecule has 0 saturated carbocycles. The van der Waals surface area contributed by atoms with Crippen LogP contribution in [-0.4, -0.2) is 48.5 Å². The minimum atomic E-state index is -3.46. The second-order valence-corrected chi connectivity index (χ2v) is 7.20. The van der Waals surface area contributed by atoms with Crippen molar-refractivity contribution in [3.05, 3.63) is 23.5 Å². The minimum Gasteiger partial charge on any atom is -0.493 e. The van der Waals surface area contributed by atoms with Gasteiger partial charge in [-0.2, -0.15) is 9.59 Å². The predicted octanol–water partition coefficient (Wildman–Crippen LogP) is 0.833. The van der Waals surface area contributed by atoms with Crippen LogP contribution >= 0.6 is 7.37 Å². The van der Waals surface area contributed by atoms with Gasteiger partial charge in [-0.1, -0.05) is 0 Å². The molecule has 1 atom stereocenters. The molecule has 0 fully saturated rings. The number of halogens is 1. The maximum atomic E-state index is 14.0. The van der Waals surface area contributed by atoms with Gasteiger partial charge in [0.15, 0.2) is 23.9 Å². The first-order valence-electron chi connectivity index (χ1n) is 6.92. The average Bonchev–Trinajstić information content (AvgIpc) is 2.51. The van der Waals surface area contributed by atoms with Gasteiger partial charge in [0.05, 0.1) is 7.11 Å². The lowest BCUT2D eigenvalue weighted by Gasteiger charge is -2.15. The van der Waals surface area contributed by atoms with Gasteiger partial charge in [0.25, 0.3) is 0 Å². The number of carboxylic acids is 1. The lowest BCUT2D eigenvalue weighted by atomic mass is 10.2. The minimum absolute atomic E-state index is 0.0323. The van der Waals surface area contributed by atoms with E-state index in [4.69, 9.17) is 29.9 Å². The van der Waals surface area contributed by atoms with Crippen molar-refractivity contribution < 1.29 is 42.8 Å². The van der Waals surface area contributed by atoms with E-state index in [2.05, 4.69) is 0 Å².